The zero-order valence-corrected chi connectivity index (χ0v) is 18.7. The van der Waals surface area contributed by atoms with Crippen molar-refractivity contribution in [2.24, 2.45) is 28.7 Å². The summed E-state index contributed by atoms with van der Waals surface area (Å²) in [6, 6.07) is 0. The second kappa shape index (κ2) is 8.89. The summed E-state index contributed by atoms with van der Waals surface area (Å²) in [6.45, 7) is 3.37. The van der Waals surface area contributed by atoms with Gasteiger partial charge in [-0.3, -0.25) is 19.5 Å². The molecule has 0 aromatic heterocycles. The molecule has 0 spiro atoms. The van der Waals surface area contributed by atoms with Crippen LogP contribution < -0.4 is 10.6 Å². The van der Waals surface area contributed by atoms with Crippen LogP contribution >= 0.6 is 24.0 Å². The Bertz CT molecular complexity index is 722. The Morgan fingerprint density at radius 3 is 2.30 bits per heavy atom. The van der Waals surface area contributed by atoms with Crippen molar-refractivity contribution in [1.29, 1.82) is 0 Å². The SMILES string of the molecule is CCNC(=NCCS(C)(=O)=O)NCCN1C(=O)C2C3C=CC(C3)C2C1=O.I. The van der Waals surface area contributed by atoms with Gasteiger partial charge in [-0.15, -0.1) is 24.0 Å². The van der Waals surface area contributed by atoms with Gasteiger partial charge in [0.05, 0.1) is 24.1 Å². The van der Waals surface area contributed by atoms with Crippen molar-refractivity contribution in [3.8, 4) is 0 Å². The van der Waals surface area contributed by atoms with Gasteiger partial charge in [-0.1, -0.05) is 12.2 Å². The fraction of sp³-hybridized carbons (Fsp3) is 0.706. The van der Waals surface area contributed by atoms with E-state index in [2.05, 4.69) is 27.8 Å². The highest BCUT2D eigenvalue weighted by molar-refractivity contribution is 14.0. The molecule has 3 aliphatic rings. The summed E-state index contributed by atoms with van der Waals surface area (Å²) in [7, 11) is -3.06. The lowest BCUT2D eigenvalue weighted by Crippen LogP contribution is -2.43. The van der Waals surface area contributed by atoms with Gasteiger partial charge in [0, 0.05) is 25.9 Å². The Morgan fingerprint density at radius 1 is 1.19 bits per heavy atom. The molecule has 1 saturated carbocycles. The number of guanidine groups is 1. The third-order valence-electron chi connectivity index (χ3n) is 5.27. The highest BCUT2D eigenvalue weighted by atomic mass is 127. The number of carbonyl (C=O) groups is 2. The molecule has 1 heterocycles. The van der Waals surface area contributed by atoms with Gasteiger partial charge in [0.2, 0.25) is 11.8 Å². The number of sulfone groups is 1. The van der Waals surface area contributed by atoms with Crippen LogP contribution in [0.3, 0.4) is 0 Å². The molecule has 10 heteroatoms. The lowest BCUT2D eigenvalue weighted by Gasteiger charge is -2.18. The summed E-state index contributed by atoms with van der Waals surface area (Å²) < 4.78 is 22.4. The summed E-state index contributed by atoms with van der Waals surface area (Å²) in [5.41, 5.74) is 0. The minimum Gasteiger partial charge on any atom is -0.357 e. The lowest BCUT2D eigenvalue weighted by molar-refractivity contribution is -0.140. The molecule has 4 atom stereocenters. The molecule has 2 fully saturated rings. The van der Waals surface area contributed by atoms with E-state index in [1.165, 1.54) is 11.2 Å². The number of imide groups is 1. The van der Waals surface area contributed by atoms with E-state index in [9.17, 15) is 18.0 Å². The number of hydrogen-bond acceptors (Lipinski definition) is 5. The van der Waals surface area contributed by atoms with Gasteiger partial charge in [0.15, 0.2) is 5.96 Å². The van der Waals surface area contributed by atoms with Crippen LogP contribution in [-0.2, 0) is 19.4 Å². The lowest BCUT2D eigenvalue weighted by atomic mass is 9.85. The first-order valence-corrected chi connectivity index (χ1v) is 11.1. The molecule has 27 heavy (non-hydrogen) atoms. The van der Waals surface area contributed by atoms with Crippen molar-refractivity contribution < 1.29 is 18.0 Å². The smallest absolute Gasteiger partial charge is 0.233 e. The van der Waals surface area contributed by atoms with E-state index in [1.54, 1.807) is 0 Å². The van der Waals surface area contributed by atoms with E-state index in [1.807, 2.05) is 6.92 Å². The van der Waals surface area contributed by atoms with E-state index >= 15 is 0 Å². The van der Waals surface area contributed by atoms with Crippen molar-refractivity contribution in [2.75, 3.05) is 38.2 Å². The van der Waals surface area contributed by atoms with Crippen LogP contribution in [0, 0.1) is 23.7 Å². The number of amides is 2. The summed E-state index contributed by atoms with van der Waals surface area (Å²) in [5, 5.41) is 6.09. The van der Waals surface area contributed by atoms with Gasteiger partial charge < -0.3 is 10.6 Å². The molecule has 2 N–H and O–H groups in total. The van der Waals surface area contributed by atoms with Crippen molar-refractivity contribution in [2.45, 2.75) is 13.3 Å². The molecule has 8 nitrogen and oxygen atoms in total. The van der Waals surface area contributed by atoms with E-state index in [0.29, 0.717) is 25.6 Å². The Kier molecular flexibility index (Phi) is 7.28. The zero-order chi connectivity index (χ0) is 18.9. The molecule has 4 unspecified atom stereocenters. The minimum absolute atomic E-state index is 0. The van der Waals surface area contributed by atoms with Gasteiger partial charge >= 0.3 is 0 Å². The molecular weight excluding hydrogens is 483 g/mol. The summed E-state index contributed by atoms with van der Waals surface area (Å²) in [5.74, 6) is 0.436. The third-order valence-corrected chi connectivity index (χ3v) is 6.19. The normalized spacial score (nSPS) is 29.1. The topological polar surface area (TPSA) is 108 Å². The maximum atomic E-state index is 12.6. The average molecular weight is 510 g/mol. The highest BCUT2D eigenvalue weighted by Gasteiger charge is 2.58. The van der Waals surface area contributed by atoms with Crippen LogP contribution in [0.2, 0.25) is 0 Å². The van der Waals surface area contributed by atoms with Crippen LogP contribution in [-0.4, -0.2) is 69.3 Å². The van der Waals surface area contributed by atoms with E-state index in [4.69, 9.17) is 0 Å². The second-order valence-electron chi connectivity index (χ2n) is 7.15. The third kappa shape index (κ3) is 4.82. The predicted molar refractivity (Wildman–Crippen MR) is 114 cm³/mol. The number of fused-ring (bicyclic) bond motifs is 5. The molecule has 1 aliphatic heterocycles. The molecule has 0 radical (unpaired) electrons. The fourth-order valence-corrected chi connectivity index (χ4v) is 4.56. The number of likely N-dealkylation sites (tertiary alicyclic amines) is 1. The van der Waals surface area contributed by atoms with Crippen LogP contribution in [0.15, 0.2) is 17.1 Å². The molecule has 152 valence electrons. The fourth-order valence-electron chi connectivity index (χ4n) is 4.14. The predicted octanol–water partition coefficient (Wildman–Crippen LogP) is 0.0112. The number of halogens is 1. The van der Waals surface area contributed by atoms with Crippen LogP contribution in [0.5, 0.6) is 0 Å². The Labute approximate surface area is 177 Å². The Morgan fingerprint density at radius 2 is 1.78 bits per heavy atom. The summed E-state index contributed by atoms with van der Waals surface area (Å²) >= 11 is 0. The maximum Gasteiger partial charge on any atom is 0.233 e. The molecule has 1 saturated heterocycles. The number of rotatable bonds is 7. The highest BCUT2D eigenvalue weighted by Crippen LogP contribution is 2.52. The van der Waals surface area contributed by atoms with Crippen molar-refractivity contribution >= 4 is 51.6 Å². The van der Waals surface area contributed by atoms with Crippen LogP contribution in [0.25, 0.3) is 0 Å². The Balaban J connectivity index is 0.00000261. The first-order valence-electron chi connectivity index (χ1n) is 9.05. The molecule has 2 amide bonds. The number of hydrogen-bond donors (Lipinski definition) is 2. The van der Waals surface area contributed by atoms with Gasteiger partial charge in [-0.25, -0.2) is 8.42 Å². The van der Waals surface area contributed by atoms with Crippen molar-refractivity contribution in [1.82, 2.24) is 15.5 Å². The molecule has 2 bridgehead atoms. The van der Waals surface area contributed by atoms with Crippen molar-refractivity contribution in [3.63, 3.8) is 0 Å². The van der Waals surface area contributed by atoms with Crippen LogP contribution in [0.4, 0.5) is 0 Å². The number of aliphatic imine (C=N–C) groups is 1. The molecule has 0 aromatic rings. The molecule has 0 aromatic carbocycles. The second-order valence-corrected chi connectivity index (χ2v) is 9.41. The van der Waals surface area contributed by atoms with E-state index in [-0.39, 0.29) is 71.8 Å². The molecule has 3 rings (SSSR count). The molecule has 2 aliphatic carbocycles. The summed E-state index contributed by atoms with van der Waals surface area (Å²) in [4.78, 5) is 30.8. The maximum absolute atomic E-state index is 12.6. The van der Waals surface area contributed by atoms with E-state index in [0.717, 1.165) is 6.42 Å². The molecular formula is C17H27IN4O4S. The number of nitrogens with one attached hydrogen (secondary N) is 2. The van der Waals surface area contributed by atoms with Crippen molar-refractivity contribution in [3.05, 3.63) is 12.2 Å². The van der Waals surface area contributed by atoms with E-state index < -0.39 is 9.84 Å². The number of carbonyl (C=O) groups excluding carboxylic acids is 2. The van der Waals surface area contributed by atoms with Gasteiger partial charge in [0.25, 0.3) is 0 Å². The first kappa shape index (κ1) is 22.1. The average Bonchev–Trinajstić information content (AvgIpc) is 3.23. The van der Waals surface area contributed by atoms with Gasteiger partial charge in [-0.05, 0) is 25.2 Å². The monoisotopic (exact) mass is 510 g/mol. The standard InChI is InChI=1S/C17H26N4O4S.HI/c1-3-18-17(20-7-9-26(2,24)25)19-6-8-21-15(22)13-11-4-5-12(10-11)14(13)16(21)23;/h4-5,11-14H,3,6-10H2,1-2H3,(H2,18,19,20);1H. The van der Waals surface area contributed by atoms with Crippen LogP contribution in [0.1, 0.15) is 13.3 Å². The van der Waals surface area contributed by atoms with Gasteiger partial charge in [-0.2, -0.15) is 0 Å². The Hall–Kier alpha value is -1.17. The quantitative estimate of drug-likeness (QED) is 0.164. The zero-order valence-electron chi connectivity index (χ0n) is 15.6. The van der Waals surface area contributed by atoms with Gasteiger partial charge in [0.1, 0.15) is 9.84 Å². The first-order chi connectivity index (χ1) is 12.3. The summed E-state index contributed by atoms with van der Waals surface area (Å²) in [6.07, 6.45) is 6.26. The number of nitrogens with zero attached hydrogens (tertiary/aromatic N) is 2. The number of allylic oxidation sites excluding steroid dienone is 2. The minimum atomic E-state index is -3.06. The largest absolute Gasteiger partial charge is 0.357 e.